The topological polar surface area (TPSA) is 9.23 Å². The molecule has 0 rings (SSSR count). The molecular formula is C8H16O. The molecule has 0 radical (unpaired) electrons. The van der Waals surface area contributed by atoms with E-state index in [1.165, 1.54) is 0 Å². The molecule has 0 saturated heterocycles. The van der Waals surface area contributed by atoms with Crippen LogP contribution >= 0.6 is 0 Å². The second-order valence-corrected chi connectivity index (χ2v) is 2.54. The van der Waals surface area contributed by atoms with Crippen molar-refractivity contribution in [1.29, 1.82) is 0 Å². The smallest absolute Gasteiger partial charge is 0.0806 e. The van der Waals surface area contributed by atoms with Gasteiger partial charge in [-0.15, -0.1) is 0 Å². The molecule has 0 amide bonds. The first-order chi connectivity index (χ1) is 4.12. The molecule has 0 aromatic carbocycles. The molecule has 0 aromatic rings. The van der Waals surface area contributed by atoms with Gasteiger partial charge in [-0.1, -0.05) is 12.2 Å². The van der Waals surface area contributed by atoms with Crippen LogP contribution in [0, 0.1) is 0 Å². The number of ether oxygens (including phenoxy) is 1. The van der Waals surface area contributed by atoms with E-state index in [0.29, 0.717) is 0 Å². The first-order valence-corrected chi connectivity index (χ1v) is 3.40. The van der Waals surface area contributed by atoms with Gasteiger partial charge < -0.3 is 4.74 Å². The van der Waals surface area contributed by atoms with Gasteiger partial charge >= 0.3 is 0 Å². The van der Waals surface area contributed by atoms with Crippen LogP contribution < -0.4 is 0 Å². The van der Waals surface area contributed by atoms with Crippen molar-refractivity contribution < 1.29 is 4.74 Å². The van der Waals surface area contributed by atoms with E-state index in [0.717, 1.165) is 6.61 Å². The molecule has 1 heteroatoms. The quantitative estimate of drug-likeness (QED) is 0.530. The van der Waals surface area contributed by atoms with Crippen LogP contribution in [-0.2, 0) is 4.74 Å². The predicted octanol–water partition coefficient (Wildman–Crippen LogP) is 2.38. The van der Waals surface area contributed by atoms with Crippen molar-refractivity contribution in [2.24, 2.45) is 0 Å². The minimum Gasteiger partial charge on any atom is -0.372 e. The van der Waals surface area contributed by atoms with Crippen molar-refractivity contribution in [3.05, 3.63) is 12.2 Å². The van der Waals surface area contributed by atoms with E-state index in [1.54, 1.807) is 0 Å². The van der Waals surface area contributed by atoms with Crippen LogP contribution in [0.2, 0.25) is 0 Å². The fraction of sp³-hybridized carbons (Fsp3) is 0.750. The second kappa shape index (κ2) is 3.67. The van der Waals surface area contributed by atoms with Crippen molar-refractivity contribution in [2.45, 2.75) is 33.3 Å². The van der Waals surface area contributed by atoms with Gasteiger partial charge in [0.2, 0.25) is 0 Å². The Bertz CT molecular complexity index is 92.7. The van der Waals surface area contributed by atoms with Gasteiger partial charge in [0.1, 0.15) is 0 Å². The lowest BCUT2D eigenvalue weighted by molar-refractivity contribution is 0.0284. The van der Waals surface area contributed by atoms with E-state index in [-0.39, 0.29) is 5.60 Å². The van der Waals surface area contributed by atoms with Gasteiger partial charge in [0.25, 0.3) is 0 Å². The van der Waals surface area contributed by atoms with Crippen molar-refractivity contribution in [1.82, 2.24) is 0 Å². The number of allylic oxidation sites excluding steroid dienone is 1. The van der Waals surface area contributed by atoms with Crippen LogP contribution in [0.4, 0.5) is 0 Å². The Hall–Kier alpha value is -0.300. The molecule has 0 saturated carbocycles. The van der Waals surface area contributed by atoms with Gasteiger partial charge in [-0.3, -0.25) is 0 Å². The molecule has 0 aromatic heterocycles. The van der Waals surface area contributed by atoms with Gasteiger partial charge in [-0.05, 0) is 27.7 Å². The van der Waals surface area contributed by atoms with Gasteiger partial charge in [0.05, 0.1) is 5.60 Å². The van der Waals surface area contributed by atoms with Gasteiger partial charge in [-0.2, -0.15) is 0 Å². The second-order valence-electron chi connectivity index (χ2n) is 2.54. The molecule has 0 N–H and O–H groups in total. The molecule has 0 spiro atoms. The summed E-state index contributed by atoms with van der Waals surface area (Å²) < 4.78 is 5.38. The maximum Gasteiger partial charge on any atom is 0.0806 e. The van der Waals surface area contributed by atoms with Gasteiger partial charge in [0, 0.05) is 6.61 Å². The first-order valence-electron chi connectivity index (χ1n) is 3.40. The maximum absolute atomic E-state index is 5.38. The van der Waals surface area contributed by atoms with Crippen LogP contribution in [0.3, 0.4) is 0 Å². The molecule has 0 aliphatic heterocycles. The summed E-state index contributed by atoms with van der Waals surface area (Å²) in [7, 11) is 0. The van der Waals surface area contributed by atoms with E-state index in [9.17, 15) is 0 Å². The van der Waals surface area contributed by atoms with Gasteiger partial charge in [-0.25, -0.2) is 0 Å². The first kappa shape index (κ1) is 8.70. The third kappa shape index (κ3) is 4.22. The molecule has 0 atom stereocenters. The minimum atomic E-state index is -0.0799. The summed E-state index contributed by atoms with van der Waals surface area (Å²) >= 11 is 0. The van der Waals surface area contributed by atoms with E-state index >= 15 is 0 Å². The molecule has 0 bridgehead atoms. The molecule has 0 unspecified atom stereocenters. The fourth-order valence-electron chi connectivity index (χ4n) is 0.821. The molecule has 54 valence electrons. The lowest BCUT2D eigenvalue weighted by atomic mass is 10.1. The van der Waals surface area contributed by atoms with E-state index < -0.39 is 0 Å². The fourth-order valence-corrected chi connectivity index (χ4v) is 0.821. The van der Waals surface area contributed by atoms with E-state index in [1.807, 2.05) is 19.9 Å². The van der Waals surface area contributed by atoms with Gasteiger partial charge in [0.15, 0.2) is 0 Å². The lowest BCUT2D eigenvalue weighted by Crippen LogP contribution is -2.20. The highest BCUT2D eigenvalue weighted by Gasteiger charge is 2.10. The number of rotatable bonds is 3. The van der Waals surface area contributed by atoms with E-state index in [2.05, 4.69) is 19.9 Å². The molecule has 9 heavy (non-hydrogen) atoms. The third-order valence-corrected chi connectivity index (χ3v) is 1.08. The summed E-state index contributed by atoms with van der Waals surface area (Å²) in [5, 5.41) is 0. The number of hydrogen-bond donors (Lipinski definition) is 0. The molecule has 0 fully saturated rings. The third-order valence-electron chi connectivity index (χ3n) is 1.08. The Morgan fingerprint density at radius 1 is 1.44 bits per heavy atom. The van der Waals surface area contributed by atoms with E-state index in [4.69, 9.17) is 4.74 Å². The lowest BCUT2D eigenvalue weighted by Gasteiger charge is -2.19. The Balaban J connectivity index is 3.70. The van der Waals surface area contributed by atoms with Crippen LogP contribution in [0.1, 0.15) is 27.7 Å². The normalized spacial score (nSPS) is 12.9. The largest absolute Gasteiger partial charge is 0.372 e. The highest BCUT2D eigenvalue weighted by atomic mass is 16.5. The average Bonchev–Trinajstić information content (AvgIpc) is 1.64. The molecule has 0 aliphatic carbocycles. The standard InChI is InChI=1S/C8H16O/c1-5-7-8(3,4)9-6-2/h5,7H,6H2,1-4H3/b7-5-. The zero-order valence-corrected chi connectivity index (χ0v) is 6.77. The molecular weight excluding hydrogens is 112 g/mol. The summed E-state index contributed by atoms with van der Waals surface area (Å²) in [4.78, 5) is 0. The molecule has 1 nitrogen and oxygen atoms in total. The van der Waals surface area contributed by atoms with Crippen molar-refractivity contribution >= 4 is 0 Å². The summed E-state index contributed by atoms with van der Waals surface area (Å²) in [6.45, 7) is 8.89. The Kier molecular flexibility index (Phi) is 3.55. The highest BCUT2D eigenvalue weighted by molar-refractivity contribution is 4.94. The Morgan fingerprint density at radius 2 is 2.00 bits per heavy atom. The minimum absolute atomic E-state index is 0.0799. The molecule has 0 heterocycles. The predicted molar refractivity (Wildman–Crippen MR) is 40.5 cm³/mol. The summed E-state index contributed by atoms with van der Waals surface area (Å²) in [5.74, 6) is 0. The van der Waals surface area contributed by atoms with Crippen LogP contribution in [0.5, 0.6) is 0 Å². The SMILES string of the molecule is C/C=C\C(C)(C)OCC. The number of hydrogen-bond acceptors (Lipinski definition) is 1. The molecule has 0 aliphatic rings. The van der Waals surface area contributed by atoms with Crippen LogP contribution in [0.15, 0.2) is 12.2 Å². The zero-order valence-electron chi connectivity index (χ0n) is 6.77. The van der Waals surface area contributed by atoms with Crippen LogP contribution in [-0.4, -0.2) is 12.2 Å². The highest BCUT2D eigenvalue weighted by Crippen LogP contribution is 2.09. The average molecular weight is 128 g/mol. The zero-order chi connectivity index (χ0) is 7.33. The Labute approximate surface area is 57.7 Å². The van der Waals surface area contributed by atoms with Crippen molar-refractivity contribution in [3.63, 3.8) is 0 Å². The maximum atomic E-state index is 5.38. The summed E-state index contributed by atoms with van der Waals surface area (Å²) in [6.07, 6.45) is 4.06. The Morgan fingerprint density at radius 3 is 2.33 bits per heavy atom. The summed E-state index contributed by atoms with van der Waals surface area (Å²) in [5.41, 5.74) is -0.0799. The van der Waals surface area contributed by atoms with Crippen molar-refractivity contribution in [3.8, 4) is 0 Å². The monoisotopic (exact) mass is 128 g/mol. The summed E-state index contributed by atoms with van der Waals surface area (Å²) in [6, 6.07) is 0. The van der Waals surface area contributed by atoms with Crippen molar-refractivity contribution in [2.75, 3.05) is 6.61 Å². The van der Waals surface area contributed by atoms with Crippen LogP contribution in [0.25, 0.3) is 0 Å².